The maximum Gasteiger partial charge on any atom is 0.132 e. The third kappa shape index (κ3) is 2.30. The van der Waals surface area contributed by atoms with Crippen LogP contribution in [0.25, 0.3) is 0 Å². The molecule has 98 valence electrons. The van der Waals surface area contributed by atoms with E-state index in [0.29, 0.717) is 11.7 Å². The molecule has 19 heavy (non-hydrogen) atoms. The molecule has 2 aliphatic rings. The third-order valence-electron chi connectivity index (χ3n) is 4.68. The highest BCUT2D eigenvalue weighted by molar-refractivity contribution is 5.79. The summed E-state index contributed by atoms with van der Waals surface area (Å²) in [5, 5.41) is 0. The summed E-state index contributed by atoms with van der Waals surface area (Å²) >= 11 is 0. The highest BCUT2D eigenvalue weighted by Crippen LogP contribution is 2.45. The summed E-state index contributed by atoms with van der Waals surface area (Å²) in [6.07, 6.45) is 13.6. The Morgan fingerprint density at radius 1 is 1.00 bits per heavy atom. The molecule has 1 nitrogen and oxygen atoms in total. The SMILES string of the molecule is O=C1CCC([C@@]2(c3ccccc3)C=CC=CC2)CC1. The normalized spacial score (nSPS) is 27.7. The molecule has 0 saturated heterocycles. The van der Waals surface area contributed by atoms with Gasteiger partial charge in [-0.3, -0.25) is 4.79 Å². The molecule has 0 aromatic heterocycles. The molecule has 0 bridgehead atoms. The minimum atomic E-state index is 0.108. The Morgan fingerprint density at radius 3 is 2.37 bits per heavy atom. The van der Waals surface area contributed by atoms with E-state index in [1.54, 1.807) is 0 Å². The molecule has 0 aliphatic heterocycles. The number of allylic oxidation sites excluding steroid dienone is 4. The molecule has 1 aromatic rings. The van der Waals surface area contributed by atoms with Gasteiger partial charge in [0.25, 0.3) is 0 Å². The standard InChI is InChI=1S/C18H20O/c19-17-11-9-16(10-12-17)18(13-5-2-6-14-18)15-7-3-1-4-8-15/h1-8,13,16H,9-12,14H2/t18-/m0/s1. The monoisotopic (exact) mass is 252 g/mol. The molecular formula is C18H20O. The molecule has 0 heterocycles. The molecule has 1 saturated carbocycles. The Bertz CT molecular complexity index is 502. The number of carbonyl (C=O) groups is 1. The van der Waals surface area contributed by atoms with Crippen LogP contribution in [0.4, 0.5) is 0 Å². The van der Waals surface area contributed by atoms with Crippen molar-refractivity contribution >= 4 is 5.78 Å². The largest absolute Gasteiger partial charge is 0.300 e. The molecule has 2 aliphatic carbocycles. The molecule has 1 heteroatoms. The van der Waals surface area contributed by atoms with Crippen LogP contribution < -0.4 is 0 Å². The average molecular weight is 252 g/mol. The van der Waals surface area contributed by atoms with Crippen molar-refractivity contribution in [3.8, 4) is 0 Å². The maximum absolute atomic E-state index is 11.5. The molecule has 3 rings (SSSR count). The fourth-order valence-corrected chi connectivity index (χ4v) is 3.59. The minimum absolute atomic E-state index is 0.108. The minimum Gasteiger partial charge on any atom is -0.300 e. The second-order valence-electron chi connectivity index (χ2n) is 5.71. The van der Waals surface area contributed by atoms with Crippen molar-refractivity contribution in [1.82, 2.24) is 0 Å². The van der Waals surface area contributed by atoms with E-state index in [2.05, 4.69) is 54.6 Å². The van der Waals surface area contributed by atoms with Crippen LogP contribution in [-0.4, -0.2) is 5.78 Å². The van der Waals surface area contributed by atoms with Crippen LogP contribution in [0.3, 0.4) is 0 Å². The van der Waals surface area contributed by atoms with Gasteiger partial charge in [0, 0.05) is 18.3 Å². The molecule has 0 unspecified atom stereocenters. The molecular weight excluding hydrogens is 232 g/mol. The van der Waals surface area contributed by atoms with Gasteiger partial charge in [0.15, 0.2) is 0 Å². The molecule has 0 N–H and O–H groups in total. The van der Waals surface area contributed by atoms with Gasteiger partial charge in [-0.2, -0.15) is 0 Å². The third-order valence-corrected chi connectivity index (χ3v) is 4.68. The van der Waals surface area contributed by atoms with E-state index in [1.807, 2.05) is 0 Å². The Labute approximate surface area is 115 Å². The van der Waals surface area contributed by atoms with Crippen LogP contribution in [0.15, 0.2) is 54.6 Å². The second-order valence-corrected chi connectivity index (χ2v) is 5.71. The van der Waals surface area contributed by atoms with Crippen molar-refractivity contribution in [3.05, 3.63) is 60.2 Å². The predicted molar refractivity (Wildman–Crippen MR) is 78.0 cm³/mol. The number of hydrogen-bond acceptors (Lipinski definition) is 1. The summed E-state index contributed by atoms with van der Waals surface area (Å²) in [6.45, 7) is 0. The zero-order valence-corrected chi connectivity index (χ0v) is 11.2. The van der Waals surface area contributed by atoms with Crippen LogP contribution in [0.2, 0.25) is 0 Å². The van der Waals surface area contributed by atoms with Crippen molar-refractivity contribution in [2.75, 3.05) is 0 Å². The number of hydrogen-bond donors (Lipinski definition) is 0. The van der Waals surface area contributed by atoms with E-state index in [9.17, 15) is 4.79 Å². The number of benzene rings is 1. The van der Waals surface area contributed by atoms with Crippen LogP contribution in [0.5, 0.6) is 0 Å². The van der Waals surface area contributed by atoms with Crippen molar-refractivity contribution in [3.63, 3.8) is 0 Å². The summed E-state index contributed by atoms with van der Waals surface area (Å²) in [4.78, 5) is 11.5. The number of carbonyl (C=O) groups excluding carboxylic acids is 1. The first kappa shape index (κ1) is 12.4. The smallest absolute Gasteiger partial charge is 0.132 e. The summed E-state index contributed by atoms with van der Waals surface area (Å²) in [6, 6.07) is 10.8. The highest BCUT2D eigenvalue weighted by atomic mass is 16.1. The molecule has 0 radical (unpaired) electrons. The number of Topliss-reactive ketones (excluding diaryl/α,β-unsaturated/α-hetero) is 1. The van der Waals surface area contributed by atoms with E-state index in [1.165, 1.54) is 5.56 Å². The first-order valence-electron chi connectivity index (χ1n) is 7.23. The Balaban J connectivity index is 1.96. The topological polar surface area (TPSA) is 17.1 Å². The van der Waals surface area contributed by atoms with Crippen LogP contribution in [-0.2, 0) is 10.2 Å². The Morgan fingerprint density at radius 2 is 1.74 bits per heavy atom. The van der Waals surface area contributed by atoms with Gasteiger partial charge in [-0.25, -0.2) is 0 Å². The Hall–Kier alpha value is -1.63. The second kappa shape index (κ2) is 5.16. The van der Waals surface area contributed by atoms with Gasteiger partial charge < -0.3 is 0 Å². The summed E-state index contributed by atoms with van der Waals surface area (Å²) in [7, 11) is 0. The van der Waals surface area contributed by atoms with E-state index < -0.39 is 0 Å². The van der Waals surface area contributed by atoms with Gasteiger partial charge in [0.05, 0.1) is 0 Å². The van der Waals surface area contributed by atoms with Gasteiger partial charge in [0.2, 0.25) is 0 Å². The van der Waals surface area contributed by atoms with Crippen molar-refractivity contribution in [1.29, 1.82) is 0 Å². The quantitative estimate of drug-likeness (QED) is 0.771. The van der Waals surface area contributed by atoms with Crippen LogP contribution in [0, 0.1) is 5.92 Å². The lowest BCUT2D eigenvalue weighted by Gasteiger charge is -2.41. The summed E-state index contributed by atoms with van der Waals surface area (Å²) < 4.78 is 0. The number of rotatable bonds is 2. The van der Waals surface area contributed by atoms with Crippen LogP contribution in [0.1, 0.15) is 37.7 Å². The van der Waals surface area contributed by atoms with Gasteiger partial charge in [-0.05, 0) is 30.7 Å². The molecule has 0 spiro atoms. The zero-order valence-electron chi connectivity index (χ0n) is 11.2. The van der Waals surface area contributed by atoms with E-state index in [4.69, 9.17) is 0 Å². The van der Waals surface area contributed by atoms with Crippen molar-refractivity contribution in [2.24, 2.45) is 5.92 Å². The number of ketones is 1. The van der Waals surface area contributed by atoms with Gasteiger partial charge in [-0.1, -0.05) is 54.6 Å². The predicted octanol–water partition coefficient (Wildman–Crippen LogP) is 4.20. The fraction of sp³-hybridized carbons (Fsp3) is 0.389. The van der Waals surface area contributed by atoms with Gasteiger partial charge in [-0.15, -0.1) is 0 Å². The fourth-order valence-electron chi connectivity index (χ4n) is 3.59. The van der Waals surface area contributed by atoms with E-state index in [-0.39, 0.29) is 5.41 Å². The first-order chi connectivity index (χ1) is 9.31. The molecule has 0 amide bonds. The Kier molecular flexibility index (Phi) is 3.37. The van der Waals surface area contributed by atoms with Gasteiger partial charge in [0.1, 0.15) is 5.78 Å². The van der Waals surface area contributed by atoms with Crippen molar-refractivity contribution < 1.29 is 4.79 Å². The van der Waals surface area contributed by atoms with Gasteiger partial charge >= 0.3 is 0 Å². The maximum atomic E-state index is 11.5. The molecule has 1 fully saturated rings. The van der Waals surface area contributed by atoms with Crippen molar-refractivity contribution in [2.45, 2.75) is 37.5 Å². The highest BCUT2D eigenvalue weighted by Gasteiger charge is 2.39. The summed E-state index contributed by atoms with van der Waals surface area (Å²) in [5.74, 6) is 1.03. The summed E-state index contributed by atoms with van der Waals surface area (Å²) in [5.41, 5.74) is 1.51. The lowest BCUT2D eigenvalue weighted by atomic mass is 9.62. The van der Waals surface area contributed by atoms with E-state index in [0.717, 1.165) is 32.1 Å². The van der Waals surface area contributed by atoms with E-state index >= 15 is 0 Å². The lowest BCUT2D eigenvalue weighted by molar-refractivity contribution is -0.121. The zero-order chi connectivity index (χ0) is 13.1. The van der Waals surface area contributed by atoms with Crippen LogP contribution >= 0.6 is 0 Å². The lowest BCUT2D eigenvalue weighted by Crippen LogP contribution is -2.36. The molecule has 1 atom stereocenters. The average Bonchev–Trinajstić information content (AvgIpc) is 2.49. The first-order valence-corrected chi connectivity index (χ1v) is 7.23. The molecule has 1 aromatic carbocycles.